The molecule has 0 radical (unpaired) electrons. The van der Waals surface area contributed by atoms with E-state index in [-0.39, 0.29) is 19.1 Å². The van der Waals surface area contributed by atoms with Crippen molar-refractivity contribution < 1.29 is 14.6 Å². The van der Waals surface area contributed by atoms with Crippen LogP contribution in [0.3, 0.4) is 0 Å². The van der Waals surface area contributed by atoms with Crippen LogP contribution in [0.25, 0.3) is 0 Å². The number of ether oxygens (including phenoxy) is 1. The predicted molar refractivity (Wildman–Crippen MR) is 73.7 cm³/mol. The number of aryl methyl sites for hydroxylation is 1. The summed E-state index contributed by atoms with van der Waals surface area (Å²) in [6.45, 7) is 4.71. The number of likely N-dealkylation sites (N-methyl/N-ethyl adjacent to an activating group) is 1. The van der Waals surface area contributed by atoms with Crippen LogP contribution in [0.2, 0.25) is 0 Å². The second-order valence-corrected chi connectivity index (χ2v) is 4.77. The summed E-state index contributed by atoms with van der Waals surface area (Å²) in [6.07, 6.45) is 0. The molecule has 1 aromatic carbocycles. The highest BCUT2D eigenvalue weighted by Crippen LogP contribution is 2.25. The normalized spacial score (nSPS) is 10.2. The van der Waals surface area contributed by atoms with Crippen LogP contribution in [0.1, 0.15) is 12.5 Å². The summed E-state index contributed by atoms with van der Waals surface area (Å²) in [4.78, 5) is 13.3. The molecule has 0 saturated heterocycles. The SMILES string of the molecule is CCN(CCO)C(=O)COc1ccc(C)cc1Br. The van der Waals surface area contributed by atoms with Crippen LogP contribution in [0, 0.1) is 6.92 Å². The van der Waals surface area contributed by atoms with Crippen molar-refractivity contribution in [3.63, 3.8) is 0 Å². The van der Waals surface area contributed by atoms with E-state index in [4.69, 9.17) is 9.84 Å². The average molecular weight is 316 g/mol. The van der Waals surface area contributed by atoms with Gasteiger partial charge in [-0.3, -0.25) is 4.79 Å². The van der Waals surface area contributed by atoms with Crippen molar-refractivity contribution >= 4 is 21.8 Å². The number of hydrogen-bond donors (Lipinski definition) is 1. The van der Waals surface area contributed by atoms with Crippen LogP contribution in [0.5, 0.6) is 5.75 Å². The number of halogens is 1. The van der Waals surface area contributed by atoms with Crippen LogP contribution >= 0.6 is 15.9 Å². The summed E-state index contributed by atoms with van der Waals surface area (Å²) in [7, 11) is 0. The van der Waals surface area contributed by atoms with Crippen LogP contribution in [-0.4, -0.2) is 42.2 Å². The van der Waals surface area contributed by atoms with Crippen molar-refractivity contribution in [2.75, 3.05) is 26.3 Å². The first-order valence-corrected chi connectivity index (χ1v) is 6.65. The number of amides is 1. The summed E-state index contributed by atoms with van der Waals surface area (Å²) in [5.41, 5.74) is 1.12. The zero-order valence-electron chi connectivity index (χ0n) is 10.6. The minimum Gasteiger partial charge on any atom is -0.483 e. The Bertz CT molecular complexity index is 409. The lowest BCUT2D eigenvalue weighted by Crippen LogP contribution is -2.36. The highest BCUT2D eigenvalue weighted by molar-refractivity contribution is 9.10. The van der Waals surface area contributed by atoms with E-state index in [1.165, 1.54) is 0 Å². The largest absolute Gasteiger partial charge is 0.483 e. The van der Waals surface area contributed by atoms with Crippen molar-refractivity contribution in [3.8, 4) is 5.75 Å². The van der Waals surface area contributed by atoms with Gasteiger partial charge in [0.1, 0.15) is 5.75 Å². The van der Waals surface area contributed by atoms with Gasteiger partial charge in [0.25, 0.3) is 5.91 Å². The number of carbonyl (C=O) groups is 1. The van der Waals surface area contributed by atoms with Gasteiger partial charge in [-0.05, 0) is 47.5 Å². The molecule has 0 atom stereocenters. The van der Waals surface area contributed by atoms with E-state index in [9.17, 15) is 4.79 Å². The molecular formula is C13H18BrNO3. The summed E-state index contributed by atoms with van der Waals surface area (Å²) >= 11 is 3.39. The van der Waals surface area contributed by atoms with E-state index >= 15 is 0 Å². The minimum absolute atomic E-state index is 0.0184. The van der Waals surface area contributed by atoms with E-state index in [1.807, 2.05) is 32.0 Å². The zero-order chi connectivity index (χ0) is 13.5. The van der Waals surface area contributed by atoms with Crippen molar-refractivity contribution in [3.05, 3.63) is 28.2 Å². The monoisotopic (exact) mass is 315 g/mol. The number of hydrogen-bond acceptors (Lipinski definition) is 3. The quantitative estimate of drug-likeness (QED) is 0.873. The second kappa shape index (κ2) is 7.38. The van der Waals surface area contributed by atoms with Gasteiger partial charge in [0.2, 0.25) is 0 Å². The Morgan fingerprint density at radius 2 is 2.22 bits per heavy atom. The molecule has 0 bridgehead atoms. The third-order valence-corrected chi connectivity index (χ3v) is 3.16. The van der Waals surface area contributed by atoms with E-state index < -0.39 is 0 Å². The third-order valence-electron chi connectivity index (χ3n) is 2.54. The molecule has 1 amide bonds. The van der Waals surface area contributed by atoms with E-state index in [0.717, 1.165) is 10.0 Å². The van der Waals surface area contributed by atoms with Gasteiger partial charge in [-0.1, -0.05) is 6.07 Å². The third kappa shape index (κ3) is 4.31. The van der Waals surface area contributed by atoms with Gasteiger partial charge in [0, 0.05) is 13.1 Å². The number of rotatable bonds is 6. The number of aliphatic hydroxyl groups excluding tert-OH is 1. The summed E-state index contributed by atoms with van der Waals surface area (Å²) in [5, 5.41) is 8.83. The van der Waals surface area contributed by atoms with Gasteiger partial charge in [0.15, 0.2) is 6.61 Å². The van der Waals surface area contributed by atoms with Crippen LogP contribution in [-0.2, 0) is 4.79 Å². The maximum Gasteiger partial charge on any atom is 0.260 e. The van der Waals surface area contributed by atoms with Crippen molar-refractivity contribution in [1.29, 1.82) is 0 Å². The first kappa shape index (κ1) is 15.0. The molecule has 0 aliphatic rings. The Kier molecular flexibility index (Phi) is 6.15. The van der Waals surface area contributed by atoms with Gasteiger partial charge in [0.05, 0.1) is 11.1 Å². The van der Waals surface area contributed by atoms with Crippen LogP contribution in [0.4, 0.5) is 0 Å². The fourth-order valence-electron chi connectivity index (χ4n) is 1.53. The fraction of sp³-hybridized carbons (Fsp3) is 0.462. The average Bonchev–Trinajstić information content (AvgIpc) is 2.34. The summed E-state index contributed by atoms with van der Waals surface area (Å²) in [5.74, 6) is 0.521. The Labute approximate surface area is 116 Å². The number of nitrogens with zero attached hydrogens (tertiary/aromatic N) is 1. The minimum atomic E-state index is -0.126. The van der Waals surface area contributed by atoms with Crippen LogP contribution < -0.4 is 4.74 Å². The number of carbonyl (C=O) groups excluding carboxylic acids is 1. The molecule has 0 aliphatic carbocycles. The maximum absolute atomic E-state index is 11.8. The highest BCUT2D eigenvalue weighted by atomic mass is 79.9. The van der Waals surface area contributed by atoms with Gasteiger partial charge >= 0.3 is 0 Å². The van der Waals surface area contributed by atoms with Gasteiger partial charge < -0.3 is 14.7 Å². The molecule has 18 heavy (non-hydrogen) atoms. The molecule has 1 aromatic rings. The highest BCUT2D eigenvalue weighted by Gasteiger charge is 2.12. The molecule has 0 saturated carbocycles. The molecular weight excluding hydrogens is 298 g/mol. The lowest BCUT2D eigenvalue weighted by molar-refractivity contribution is -0.133. The molecule has 5 heteroatoms. The smallest absolute Gasteiger partial charge is 0.260 e. The maximum atomic E-state index is 11.8. The molecule has 0 unspecified atom stereocenters. The molecule has 0 aromatic heterocycles. The Morgan fingerprint density at radius 3 is 2.78 bits per heavy atom. The zero-order valence-corrected chi connectivity index (χ0v) is 12.2. The fourth-order valence-corrected chi connectivity index (χ4v) is 2.14. The first-order valence-electron chi connectivity index (χ1n) is 5.86. The molecule has 0 aliphatic heterocycles. The molecule has 0 fully saturated rings. The lowest BCUT2D eigenvalue weighted by Gasteiger charge is -2.19. The Hall–Kier alpha value is -1.07. The van der Waals surface area contributed by atoms with Gasteiger partial charge in [-0.2, -0.15) is 0 Å². The molecule has 100 valence electrons. The molecule has 1 N–H and O–H groups in total. The number of benzene rings is 1. The topological polar surface area (TPSA) is 49.8 Å². The molecule has 0 spiro atoms. The van der Waals surface area contributed by atoms with Gasteiger partial charge in [-0.15, -0.1) is 0 Å². The van der Waals surface area contributed by atoms with Crippen molar-refractivity contribution in [2.45, 2.75) is 13.8 Å². The predicted octanol–water partition coefficient (Wildman–Crippen LogP) is 1.98. The van der Waals surface area contributed by atoms with Gasteiger partial charge in [-0.25, -0.2) is 0 Å². The summed E-state index contributed by atoms with van der Waals surface area (Å²) < 4.78 is 6.30. The lowest BCUT2D eigenvalue weighted by atomic mass is 10.2. The standard InChI is InChI=1S/C13H18BrNO3/c1-3-15(6-7-16)13(17)9-18-12-5-4-10(2)8-11(12)14/h4-5,8,16H,3,6-7,9H2,1-2H3. The summed E-state index contributed by atoms with van der Waals surface area (Å²) in [6, 6.07) is 5.69. The Balaban J connectivity index is 2.56. The molecule has 4 nitrogen and oxygen atoms in total. The van der Waals surface area contributed by atoms with E-state index in [1.54, 1.807) is 4.90 Å². The van der Waals surface area contributed by atoms with Crippen LogP contribution in [0.15, 0.2) is 22.7 Å². The molecule has 1 rings (SSSR count). The van der Waals surface area contributed by atoms with Crippen molar-refractivity contribution in [1.82, 2.24) is 4.90 Å². The van der Waals surface area contributed by atoms with E-state index in [2.05, 4.69) is 15.9 Å². The number of aliphatic hydroxyl groups is 1. The second-order valence-electron chi connectivity index (χ2n) is 3.92. The van der Waals surface area contributed by atoms with E-state index in [0.29, 0.717) is 18.8 Å². The molecule has 0 heterocycles. The van der Waals surface area contributed by atoms with Crippen molar-refractivity contribution in [2.24, 2.45) is 0 Å². The Morgan fingerprint density at radius 1 is 1.50 bits per heavy atom. The first-order chi connectivity index (χ1) is 8.58.